The second kappa shape index (κ2) is 6.73. The van der Waals surface area contributed by atoms with Crippen LogP contribution in [0.4, 0.5) is 5.82 Å². The maximum atomic E-state index is 5.77. The fraction of sp³-hybridized carbons (Fsp3) is 0.688. The first-order valence-electron chi connectivity index (χ1n) is 7.92. The van der Waals surface area contributed by atoms with Gasteiger partial charge in [0.15, 0.2) is 0 Å². The summed E-state index contributed by atoms with van der Waals surface area (Å²) in [5.41, 5.74) is 0.196. The summed E-state index contributed by atoms with van der Waals surface area (Å²) in [6, 6.07) is 5.98. The Morgan fingerprint density at radius 1 is 1.38 bits per heavy atom. The molecule has 1 N–H and O–H groups in total. The van der Waals surface area contributed by atoms with Crippen molar-refractivity contribution in [2.24, 2.45) is 0 Å². The Kier molecular flexibility index (Phi) is 4.73. The molecule has 0 bridgehead atoms. The van der Waals surface area contributed by atoms with Crippen LogP contribution in [-0.2, 0) is 9.47 Å². The van der Waals surface area contributed by atoms with Crippen molar-refractivity contribution in [2.45, 2.75) is 31.4 Å². The fourth-order valence-corrected chi connectivity index (χ4v) is 3.42. The first-order chi connectivity index (χ1) is 10.3. The van der Waals surface area contributed by atoms with Crippen molar-refractivity contribution >= 4 is 5.82 Å². The summed E-state index contributed by atoms with van der Waals surface area (Å²) in [6.45, 7) is 7.51. The third-order valence-corrected chi connectivity index (χ3v) is 4.56. The van der Waals surface area contributed by atoms with Gasteiger partial charge in [-0.2, -0.15) is 0 Å². The molecule has 1 saturated heterocycles. The maximum Gasteiger partial charge on any atom is 0.125 e. The Morgan fingerprint density at radius 2 is 2.19 bits per heavy atom. The van der Waals surface area contributed by atoms with Crippen molar-refractivity contribution in [1.29, 1.82) is 0 Å². The van der Waals surface area contributed by atoms with Gasteiger partial charge in [-0.3, -0.25) is 4.90 Å². The Labute approximate surface area is 126 Å². The van der Waals surface area contributed by atoms with Crippen LogP contribution >= 0.6 is 0 Å². The molecule has 3 rings (SSSR count). The second-order valence-corrected chi connectivity index (χ2v) is 5.88. The highest BCUT2D eigenvalue weighted by Gasteiger charge is 2.49. The lowest BCUT2D eigenvalue weighted by atomic mass is 9.72. The summed E-state index contributed by atoms with van der Waals surface area (Å²) >= 11 is 0. The van der Waals surface area contributed by atoms with Crippen molar-refractivity contribution in [3.05, 3.63) is 24.4 Å². The topological polar surface area (TPSA) is 46.6 Å². The van der Waals surface area contributed by atoms with Gasteiger partial charge in [-0.1, -0.05) is 6.07 Å². The van der Waals surface area contributed by atoms with E-state index in [1.54, 1.807) is 0 Å². The lowest BCUT2D eigenvalue weighted by Gasteiger charge is -2.55. The summed E-state index contributed by atoms with van der Waals surface area (Å²) in [7, 11) is 0. The molecular formula is C16H25N3O2. The number of hydrogen-bond donors (Lipinski definition) is 1. The number of morpholine rings is 1. The van der Waals surface area contributed by atoms with Gasteiger partial charge in [0.25, 0.3) is 0 Å². The molecule has 1 aliphatic heterocycles. The molecule has 1 saturated carbocycles. The van der Waals surface area contributed by atoms with Crippen LogP contribution in [0.2, 0.25) is 0 Å². The van der Waals surface area contributed by atoms with Crippen LogP contribution in [0, 0.1) is 0 Å². The summed E-state index contributed by atoms with van der Waals surface area (Å²) in [6.07, 6.45) is 4.43. The monoisotopic (exact) mass is 291 g/mol. The smallest absolute Gasteiger partial charge is 0.125 e. The van der Waals surface area contributed by atoms with Crippen molar-refractivity contribution in [3.63, 3.8) is 0 Å². The van der Waals surface area contributed by atoms with Gasteiger partial charge < -0.3 is 14.8 Å². The summed E-state index contributed by atoms with van der Waals surface area (Å²) in [5.74, 6) is 0.949. The zero-order valence-electron chi connectivity index (χ0n) is 12.8. The van der Waals surface area contributed by atoms with E-state index in [1.807, 2.05) is 24.4 Å². The predicted molar refractivity (Wildman–Crippen MR) is 82.5 cm³/mol. The van der Waals surface area contributed by atoms with Gasteiger partial charge >= 0.3 is 0 Å². The molecule has 2 fully saturated rings. The first-order valence-corrected chi connectivity index (χ1v) is 7.92. The van der Waals surface area contributed by atoms with E-state index in [9.17, 15) is 0 Å². The normalized spacial score (nSPS) is 29.9. The number of hydrogen-bond acceptors (Lipinski definition) is 5. The predicted octanol–water partition coefficient (Wildman–Crippen LogP) is 1.76. The van der Waals surface area contributed by atoms with Crippen LogP contribution in [0.5, 0.6) is 0 Å². The highest BCUT2D eigenvalue weighted by atomic mass is 16.5. The van der Waals surface area contributed by atoms with Gasteiger partial charge in [-0.25, -0.2) is 4.98 Å². The van der Waals surface area contributed by atoms with Gasteiger partial charge in [-0.15, -0.1) is 0 Å². The highest BCUT2D eigenvalue weighted by molar-refractivity contribution is 5.34. The molecule has 5 nitrogen and oxygen atoms in total. The van der Waals surface area contributed by atoms with Gasteiger partial charge in [-0.05, 0) is 31.9 Å². The highest BCUT2D eigenvalue weighted by Crippen LogP contribution is 2.40. The minimum atomic E-state index is 0.196. The Morgan fingerprint density at radius 3 is 2.86 bits per heavy atom. The van der Waals surface area contributed by atoms with Gasteiger partial charge in [0.2, 0.25) is 0 Å². The van der Waals surface area contributed by atoms with Crippen LogP contribution in [0.25, 0.3) is 0 Å². The van der Waals surface area contributed by atoms with Crippen LogP contribution in [0.15, 0.2) is 24.4 Å². The average molecular weight is 291 g/mol. The molecule has 1 aromatic rings. The third kappa shape index (κ3) is 3.36. The zero-order valence-corrected chi connectivity index (χ0v) is 12.8. The quantitative estimate of drug-likeness (QED) is 0.865. The molecule has 0 radical (unpaired) electrons. The lowest BCUT2D eigenvalue weighted by molar-refractivity contribution is -0.121. The number of rotatable bonds is 6. The Hall–Kier alpha value is -1.17. The minimum Gasteiger partial charge on any atom is -0.379 e. The molecule has 1 aliphatic carbocycles. The Balaban J connectivity index is 1.62. The third-order valence-electron chi connectivity index (χ3n) is 4.56. The number of nitrogens with one attached hydrogen (secondary N) is 1. The molecule has 0 spiro atoms. The molecule has 0 atom stereocenters. The SMILES string of the molecule is CCOC1CC(CNc2ccccn2)(N2CCOCC2)C1. The molecule has 5 heteroatoms. The average Bonchev–Trinajstić information content (AvgIpc) is 2.51. The van der Waals surface area contributed by atoms with E-state index in [0.29, 0.717) is 6.10 Å². The van der Waals surface area contributed by atoms with E-state index in [-0.39, 0.29) is 5.54 Å². The second-order valence-electron chi connectivity index (χ2n) is 5.88. The molecular weight excluding hydrogens is 266 g/mol. The molecule has 21 heavy (non-hydrogen) atoms. The van der Waals surface area contributed by atoms with Gasteiger partial charge in [0, 0.05) is 38.0 Å². The molecule has 116 valence electrons. The summed E-state index contributed by atoms with van der Waals surface area (Å²) in [4.78, 5) is 6.93. The standard InChI is InChI=1S/C16H25N3O2/c1-2-21-14-11-16(12-14,19-7-9-20-10-8-19)13-18-15-5-3-4-6-17-15/h3-6,14H,2,7-13H2,1H3,(H,17,18). The van der Waals surface area contributed by atoms with E-state index in [4.69, 9.17) is 9.47 Å². The summed E-state index contributed by atoms with van der Waals surface area (Å²) in [5, 5.41) is 3.50. The van der Waals surface area contributed by atoms with E-state index in [2.05, 4.69) is 22.1 Å². The molecule has 2 aliphatic rings. The number of nitrogens with zero attached hydrogens (tertiary/aromatic N) is 2. The number of pyridine rings is 1. The minimum absolute atomic E-state index is 0.196. The van der Waals surface area contributed by atoms with E-state index in [0.717, 1.165) is 58.1 Å². The van der Waals surface area contributed by atoms with Crippen molar-refractivity contribution in [2.75, 3.05) is 44.8 Å². The number of aromatic nitrogens is 1. The van der Waals surface area contributed by atoms with Crippen LogP contribution in [0.1, 0.15) is 19.8 Å². The maximum absolute atomic E-state index is 5.77. The van der Waals surface area contributed by atoms with Crippen LogP contribution < -0.4 is 5.32 Å². The van der Waals surface area contributed by atoms with Gasteiger partial charge in [0.1, 0.15) is 5.82 Å². The van der Waals surface area contributed by atoms with Crippen LogP contribution in [0.3, 0.4) is 0 Å². The summed E-state index contributed by atoms with van der Waals surface area (Å²) < 4.78 is 11.3. The van der Waals surface area contributed by atoms with Crippen molar-refractivity contribution in [3.8, 4) is 0 Å². The molecule has 2 heterocycles. The molecule has 1 aromatic heterocycles. The largest absolute Gasteiger partial charge is 0.379 e. The molecule has 0 amide bonds. The molecule has 0 aromatic carbocycles. The zero-order chi connectivity index (χ0) is 14.5. The van der Waals surface area contributed by atoms with E-state index in [1.165, 1.54) is 0 Å². The van der Waals surface area contributed by atoms with Gasteiger partial charge in [0.05, 0.1) is 19.3 Å². The fourth-order valence-electron chi connectivity index (χ4n) is 3.42. The molecule has 0 unspecified atom stereocenters. The van der Waals surface area contributed by atoms with Crippen molar-refractivity contribution < 1.29 is 9.47 Å². The first kappa shape index (κ1) is 14.8. The Bertz CT molecular complexity index is 428. The van der Waals surface area contributed by atoms with E-state index >= 15 is 0 Å². The lowest BCUT2D eigenvalue weighted by Crippen LogP contribution is -2.65. The van der Waals surface area contributed by atoms with Crippen molar-refractivity contribution in [1.82, 2.24) is 9.88 Å². The van der Waals surface area contributed by atoms with E-state index < -0.39 is 0 Å². The number of ether oxygens (including phenoxy) is 2. The number of anilines is 1. The van der Waals surface area contributed by atoms with Crippen LogP contribution in [-0.4, -0.2) is 61.0 Å².